The summed E-state index contributed by atoms with van der Waals surface area (Å²) in [7, 11) is -6.36. The Morgan fingerprint density at radius 3 is 2.03 bits per heavy atom. The molecule has 0 aliphatic rings. The molecule has 1 N–H and O–H groups in total. The first-order chi connectivity index (χ1) is 14.7. The molecule has 0 bridgehead atoms. The largest absolute Gasteiger partial charge is 0.405 e. The van der Waals surface area contributed by atoms with Crippen molar-refractivity contribution in [1.29, 1.82) is 5.26 Å². The van der Waals surface area contributed by atoms with Crippen LogP contribution in [0.15, 0.2) is 53.4 Å². The lowest BCUT2D eigenvalue weighted by Crippen LogP contribution is -2.50. The van der Waals surface area contributed by atoms with Crippen LogP contribution in [0.3, 0.4) is 0 Å². The smallest absolute Gasteiger partial charge is 0.241 e. The van der Waals surface area contributed by atoms with Gasteiger partial charge >= 0.3 is 0 Å². The van der Waals surface area contributed by atoms with Gasteiger partial charge in [0.1, 0.15) is 6.10 Å². The zero-order chi connectivity index (χ0) is 24.3. The fourth-order valence-electron chi connectivity index (χ4n) is 2.90. The molecule has 2 aromatic carbocycles. The molecule has 0 aliphatic heterocycles. The van der Waals surface area contributed by atoms with E-state index in [1.807, 2.05) is 20.0 Å². The number of carbonyl (C=O) groups is 1. The first-order valence-corrected chi connectivity index (χ1v) is 14.8. The third-order valence-electron chi connectivity index (χ3n) is 5.94. The molecule has 0 fully saturated rings. The van der Waals surface area contributed by atoms with Crippen LogP contribution in [0, 0.1) is 18.3 Å². The van der Waals surface area contributed by atoms with E-state index in [0.29, 0.717) is 11.1 Å². The van der Waals surface area contributed by atoms with Gasteiger partial charge in [0.05, 0.1) is 22.6 Å². The van der Waals surface area contributed by atoms with Crippen molar-refractivity contribution in [2.24, 2.45) is 0 Å². The summed E-state index contributed by atoms with van der Waals surface area (Å²) < 4.78 is 35.6. The Bertz CT molecular complexity index is 1100. The molecule has 8 heteroatoms. The molecule has 0 aromatic heterocycles. The quantitative estimate of drug-likeness (QED) is 0.553. The van der Waals surface area contributed by atoms with Crippen LogP contribution in [0.1, 0.15) is 50.4 Å². The second-order valence-corrected chi connectivity index (χ2v) is 16.0. The third kappa shape index (κ3) is 6.14. The predicted molar refractivity (Wildman–Crippen MR) is 128 cm³/mol. The van der Waals surface area contributed by atoms with Gasteiger partial charge in [0, 0.05) is 0 Å². The third-order valence-corrected chi connectivity index (χ3v) is 11.9. The topological polar surface area (TPSA) is 96.3 Å². The molecular weight excluding hydrogens is 440 g/mol. The number of nitriles is 1. The molecule has 0 heterocycles. The summed E-state index contributed by atoms with van der Waals surface area (Å²) in [6, 6.07) is 14.1. The van der Waals surface area contributed by atoms with Crippen molar-refractivity contribution in [3.8, 4) is 6.07 Å². The monoisotopic (exact) mass is 472 g/mol. The van der Waals surface area contributed by atoms with Gasteiger partial charge in [-0.25, -0.2) is 13.1 Å². The Morgan fingerprint density at radius 1 is 1.06 bits per heavy atom. The van der Waals surface area contributed by atoms with E-state index in [1.165, 1.54) is 19.1 Å². The molecule has 2 rings (SSSR count). The Labute approximate surface area is 192 Å². The van der Waals surface area contributed by atoms with Crippen LogP contribution < -0.4 is 4.72 Å². The molecule has 0 unspecified atom stereocenters. The van der Waals surface area contributed by atoms with Gasteiger partial charge in [-0.1, -0.05) is 50.6 Å². The summed E-state index contributed by atoms with van der Waals surface area (Å²) in [5.41, 5.74) is 1.94. The Kier molecular flexibility index (Phi) is 7.84. The maximum absolute atomic E-state index is 13.2. The Hall–Kier alpha value is -2.31. The van der Waals surface area contributed by atoms with Crippen molar-refractivity contribution in [3.63, 3.8) is 0 Å². The maximum Gasteiger partial charge on any atom is 0.241 e. The first-order valence-electron chi connectivity index (χ1n) is 10.5. The van der Waals surface area contributed by atoms with E-state index in [9.17, 15) is 13.2 Å². The SMILES string of the molecule is CC(=O)[C@H](O[Si](C)(C)C(C)(C)C)[C@H](NS(=O)(=O)c1ccc(C)cc1)c1ccc(C#N)cc1. The zero-order valence-electron chi connectivity index (χ0n) is 19.8. The molecule has 2 aromatic rings. The van der Waals surface area contributed by atoms with Crippen molar-refractivity contribution in [3.05, 3.63) is 65.2 Å². The second-order valence-electron chi connectivity index (χ2n) is 9.56. The summed E-state index contributed by atoms with van der Waals surface area (Å²) in [6.07, 6.45) is -1.01. The summed E-state index contributed by atoms with van der Waals surface area (Å²) in [5.74, 6) is -0.268. The summed E-state index contributed by atoms with van der Waals surface area (Å²) in [6.45, 7) is 13.5. The standard InChI is InChI=1S/C24H32N2O4SSi/c1-17-8-14-21(15-9-17)31(28,29)26-22(20-12-10-19(16-25)11-13-20)23(18(2)27)30-32(6,7)24(3,4)5/h8-15,22-23,26H,1-7H3/t22-,23+/m1/s1. The van der Waals surface area contributed by atoms with Gasteiger partial charge in [-0.2, -0.15) is 5.26 Å². The van der Waals surface area contributed by atoms with E-state index >= 15 is 0 Å². The van der Waals surface area contributed by atoms with E-state index in [0.717, 1.165) is 5.56 Å². The van der Waals surface area contributed by atoms with Crippen LogP contribution in [0.25, 0.3) is 0 Å². The Balaban J connectivity index is 2.56. The van der Waals surface area contributed by atoms with Gasteiger partial charge in [0.15, 0.2) is 14.1 Å². The number of hydrogen-bond donors (Lipinski definition) is 1. The van der Waals surface area contributed by atoms with Gasteiger partial charge < -0.3 is 4.43 Å². The van der Waals surface area contributed by atoms with E-state index in [-0.39, 0.29) is 15.7 Å². The van der Waals surface area contributed by atoms with E-state index in [2.05, 4.69) is 31.6 Å². The molecule has 0 amide bonds. The van der Waals surface area contributed by atoms with Crippen molar-refractivity contribution < 1.29 is 17.6 Å². The summed E-state index contributed by atoms with van der Waals surface area (Å²) in [5, 5.41) is 8.95. The van der Waals surface area contributed by atoms with Gasteiger partial charge in [-0.3, -0.25) is 4.79 Å². The van der Waals surface area contributed by atoms with Crippen LogP contribution in [0.2, 0.25) is 18.1 Å². The maximum atomic E-state index is 13.2. The minimum absolute atomic E-state index is 0.108. The molecule has 0 saturated carbocycles. The highest BCUT2D eigenvalue weighted by Gasteiger charge is 2.43. The van der Waals surface area contributed by atoms with Crippen LogP contribution in [0.5, 0.6) is 0 Å². The molecule has 172 valence electrons. The minimum atomic E-state index is -3.94. The number of nitrogens with zero attached hydrogens (tertiary/aromatic N) is 1. The molecule has 32 heavy (non-hydrogen) atoms. The average Bonchev–Trinajstić information content (AvgIpc) is 2.70. The van der Waals surface area contributed by atoms with E-state index in [1.54, 1.807) is 36.4 Å². The molecule has 0 radical (unpaired) electrons. The fourth-order valence-corrected chi connectivity index (χ4v) is 5.42. The lowest BCUT2D eigenvalue weighted by Gasteiger charge is -2.40. The molecular formula is C24H32N2O4SSi. The highest BCUT2D eigenvalue weighted by molar-refractivity contribution is 7.89. The first kappa shape index (κ1) is 25.9. The normalized spacial score (nSPS) is 14.4. The molecule has 2 atom stereocenters. The number of carbonyl (C=O) groups excluding carboxylic acids is 1. The van der Waals surface area contributed by atoms with Crippen molar-refractivity contribution in [1.82, 2.24) is 4.72 Å². The highest BCUT2D eigenvalue weighted by Crippen LogP contribution is 2.39. The number of hydrogen-bond acceptors (Lipinski definition) is 5. The van der Waals surface area contributed by atoms with Crippen LogP contribution in [-0.4, -0.2) is 28.6 Å². The van der Waals surface area contributed by atoms with E-state index < -0.39 is 30.5 Å². The van der Waals surface area contributed by atoms with Crippen LogP contribution in [0.4, 0.5) is 0 Å². The number of sulfonamides is 1. The summed E-state index contributed by atoms with van der Waals surface area (Å²) in [4.78, 5) is 12.9. The summed E-state index contributed by atoms with van der Waals surface area (Å²) >= 11 is 0. The van der Waals surface area contributed by atoms with Gasteiger partial charge in [0.2, 0.25) is 10.0 Å². The molecule has 6 nitrogen and oxygen atoms in total. The second kappa shape index (κ2) is 9.67. The zero-order valence-corrected chi connectivity index (χ0v) is 21.6. The minimum Gasteiger partial charge on any atom is -0.405 e. The number of ketones is 1. The molecule has 0 spiro atoms. The van der Waals surface area contributed by atoms with Gasteiger partial charge in [-0.05, 0) is 61.8 Å². The van der Waals surface area contributed by atoms with E-state index in [4.69, 9.17) is 9.69 Å². The van der Waals surface area contributed by atoms with Crippen LogP contribution >= 0.6 is 0 Å². The highest BCUT2D eigenvalue weighted by atomic mass is 32.2. The number of benzene rings is 2. The predicted octanol–water partition coefficient (Wildman–Crippen LogP) is 4.87. The lowest BCUT2D eigenvalue weighted by atomic mass is 9.99. The van der Waals surface area contributed by atoms with Crippen molar-refractivity contribution >= 4 is 24.1 Å². The van der Waals surface area contributed by atoms with Gasteiger partial charge in [-0.15, -0.1) is 0 Å². The van der Waals surface area contributed by atoms with Crippen molar-refractivity contribution in [2.45, 2.75) is 69.8 Å². The Morgan fingerprint density at radius 2 is 1.59 bits per heavy atom. The van der Waals surface area contributed by atoms with Gasteiger partial charge in [0.25, 0.3) is 0 Å². The number of rotatable bonds is 8. The molecule has 0 aliphatic carbocycles. The lowest BCUT2D eigenvalue weighted by molar-refractivity contribution is -0.125. The van der Waals surface area contributed by atoms with Crippen LogP contribution in [-0.2, 0) is 19.2 Å². The fraction of sp³-hybridized carbons (Fsp3) is 0.417. The molecule has 0 saturated heterocycles. The van der Waals surface area contributed by atoms with Crippen molar-refractivity contribution in [2.75, 3.05) is 0 Å². The number of nitrogens with one attached hydrogen (secondary N) is 1. The number of Topliss-reactive ketones (excluding diaryl/α,β-unsaturated/α-hetero) is 1. The number of aryl methyl sites for hydroxylation is 1. The average molecular weight is 473 g/mol.